The van der Waals surface area contributed by atoms with Gasteiger partial charge in [-0.1, -0.05) is 19.4 Å². The van der Waals surface area contributed by atoms with Gasteiger partial charge in [0.25, 0.3) is 0 Å². The Bertz CT molecular complexity index is 813. The molecule has 0 saturated heterocycles. The maximum Gasteiger partial charge on any atom is 0.191 e. The van der Waals surface area contributed by atoms with E-state index in [1.165, 1.54) is 31.4 Å². The molecule has 30 heavy (non-hydrogen) atoms. The van der Waals surface area contributed by atoms with Gasteiger partial charge in [0.15, 0.2) is 5.96 Å². The molecule has 1 aliphatic rings. The van der Waals surface area contributed by atoms with E-state index < -0.39 is 0 Å². The number of nitrogens with one attached hydrogen (secondary N) is 2. The van der Waals surface area contributed by atoms with Crippen molar-refractivity contribution in [3.8, 4) is 5.75 Å². The van der Waals surface area contributed by atoms with Crippen LogP contribution in [0.25, 0.3) is 0 Å². The lowest BCUT2D eigenvalue weighted by molar-refractivity contribution is 0.199. The highest BCUT2D eigenvalue weighted by molar-refractivity contribution is 14.0. The molecule has 0 aliphatic carbocycles. The van der Waals surface area contributed by atoms with Gasteiger partial charge in [0, 0.05) is 39.0 Å². The summed E-state index contributed by atoms with van der Waals surface area (Å²) < 4.78 is 21.5. The number of halogens is 2. The summed E-state index contributed by atoms with van der Waals surface area (Å²) >= 11 is 0. The molecule has 0 spiro atoms. The van der Waals surface area contributed by atoms with Crippen molar-refractivity contribution in [1.29, 1.82) is 0 Å². The Morgan fingerprint density at radius 2 is 2.13 bits per heavy atom. The fraction of sp³-hybridized carbons (Fsp3) is 0.571. The van der Waals surface area contributed by atoms with Gasteiger partial charge in [0.2, 0.25) is 0 Å². The molecular formula is C21H32FIN6O. The molecule has 1 aliphatic heterocycles. The van der Waals surface area contributed by atoms with E-state index in [0.29, 0.717) is 18.3 Å². The van der Waals surface area contributed by atoms with Crippen LogP contribution >= 0.6 is 24.0 Å². The Kier molecular flexibility index (Phi) is 10.3. The lowest BCUT2D eigenvalue weighted by Crippen LogP contribution is -2.43. The van der Waals surface area contributed by atoms with Gasteiger partial charge >= 0.3 is 0 Å². The number of rotatable bonds is 8. The molecule has 1 atom stereocenters. The third-order valence-electron chi connectivity index (χ3n) is 5.10. The molecule has 2 aromatic rings. The molecule has 166 valence electrons. The van der Waals surface area contributed by atoms with Crippen LogP contribution < -0.4 is 15.4 Å². The summed E-state index contributed by atoms with van der Waals surface area (Å²) in [6.07, 6.45) is 6.18. The van der Waals surface area contributed by atoms with Crippen molar-refractivity contribution in [3.05, 3.63) is 41.7 Å². The number of aryl methyl sites for hydroxylation is 1. The molecule has 3 rings (SSSR count). The summed E-state index contributed by atoms with van der Waals surface area (Å²) in [5.74, 6) is 3.09. The Balaban J connectivity index is 0.00000320. The predicted molar refractivity (Wildman–Crippen MR) is 127 cm³/mol. The number of aromatic nitrogens is 3. The number of fused-ring (bicyclic) bond motifs is 1. The van der Waals surface area contributed by atoms with Crippen LogP contribution in [0.1, 0.15) is 44.3 Å². The summed E-state index contributed by atoms with van der Waals surface area (Å²) in [5, 5.41) is 15.3. The molecule has 2 heterocycles. The van der Waals surface area contributed by atoms with Crippen molar-refractivity contribution >= 4 is 29.9 Å². The van der Waals surface area contributed by atoms with E-state index in [1.54, 1.807) is 19.2 Å². The van der Waals surface area contributed by atoms with E-state index in [1.807, 2.05) is 6.92 Å². The first kappa shape index (κ1) is 24.4. The Morgan fingerprint density at radius 1 is 1.27 bits per heavy atom. The third kappa shape index (κ3) is 7.10. The van der Waals surface area contributed by atoms with Crippen molar-refractivity contribution < 1.29 is 9.13 Å². The molecule has 2 N–H and O–H groups in total. The molecule has 9 heteroatoms. The quantitative estimate of drug-likeness (QED) is 0.311. The van der Waals surface area contributed by atoms with Crippen molar-refractivity contribution in [2.45, 2.75) is 58.1 Å². The van der Waals surface area contributed by atoms with Gasteiger partial charge in [-0.2, -0.15) is 0 Å². The molecule has 1 unspecified atom stereocenters. The summed E-state index contributed by atoms with van der Waals surface area (Å²) in [5.41, 5.74) is 0. The highest BCUT2D eigenvalue weighted by Crippen LogP contribution is 2.15. The monoisotopic (exact) mass is 530 g/mol. The minimum Gasteiger partial charge on any atom is -0.489 e. The molecule has 7 nitrogen and oxygen atoms in total. The topological polar surface area (TPSA) is 76.4 Å². The largest absolute Gasteiger partial charge is 0.489 e. The van der Waals surface area contributed by atoms with E-state index >= 15 is 0 Å². The van der Waals surface area contributed by atoms with Crippen molar-refractivity contribution in [3.63, 3.8) is 0 Å². The van der Waals surface area contributed by atoms with Crippen LogP contribution in [-0.2, 0) is 19.4 Å². The fourth-order valence-electron chi connectivity index (χ4n) is 3.46. The first-order valence-corrected chi connectivity index (χ1v) is 10.5. The average molecular weight is 530 g/mol. The molecule has 0 radical (unpaired) electrons. The van der Waals surface area contributed by atoms with Crippen molar-refractivity contribution in [1.82, 2.24) is 25.4 Å². The lowest BCUT2D eigenvalue weighted by atomic mass is 10.2. The van der Waals surface area contributed by atoms with Gasteiger partial charge in [-0.05, 0) is 31.4 Å². The number of hydrogen-bond donors (Lipinski definition) is 2. The molecule has 1 aromatic carbocycles. The second-order valence-corrected chi connectivity index (χ2v) is 7.23. The van der Waals surface area contributed by atoms with Crippen molar-refractivity contribution in [2.75, 3.05) is 20.1 Å². The lowest BCUT2D eigenvalue weighted by Gasteiger charge is -2.20. The van der Waals surface area contributed by atoms with Gasteiger partial charge in [-0.3, -0.25) is 4.99 Å². The van der Waals surface area contributed by atoms with Crippen LogP contribution in [0.15, 0.2) is 29.3 Å². The molecule has 0 fully saturated rings. The van der Waals surface area contributed by atoms with E-state index in [0.717, 1.165) is 44.0 Å². The van der Waals surface area contributed by atoms with Crippen LogP contribution in [0, 0.1) is 5.82 Å². The van der Waals surface area contributed by atoms with Gasteiger partial charge < -0.3 is 19.9 Å². The SMILES string of the molecule is CCC(CNC(=NC)NCCc1nnc2n1CCCCC2)Oc1cccc(F)c1.I. The highest BCUT2D eigenvalue weighted by atomic mass is 127. The maximum absolute atomic E-state index is 13.3. The van der Waals surface area contributed by atoms with E-state index in [2.05, 4.69) is 30.4 Å². The van der Waals surface area contributed by atoms with Crippen LogP contribution in [0.3, 0.4) is 0 Å². The second-order valence-electron chi connectivity index (χ2n) is 7.23. The standard InChI is InChI=1S/C21H31FN6O.HI/c1-3-17(29-18-9-7-8-16(22)14-18)15-25-21(23-2)24-12-11-20-27-26-19-10-5-4-6-13-28(19)20;/h7-9,14,17H,3-6,10-13,15H2,1-2H3,(H2,23,24,25);1H. The summed E-state index contributed by atoms with van der Waals surface area (Å²) in [6, 6.07) is 6.22. The van der Waals surface area contributed by atoms with E-state index in [-0.39, 0.29) is 35.9 Å². The first-order chi connectivity index (χ1) is 14.2. The number of guanidine groups is 1. The number of aliphatic imine (C=N–C) groups is 1. The van der Waals surface area contributed by atoms with Crippen molar-refractivity contribution in [2.24, 2.45) is 4.99 Å². The fourth-order valence-corrected chi connectivity index (χ4v) is 3.46. The Morgan fingerprint density at radius 3 is 2.90 bits per heavy atom. The molecular weight excluding hydrogens is 498 g/mol. The van der Waals surface area contributed by atoms with Crippen LogP contribution in [0.5, 0.6) is 5.75 Å². The number of nitrogens with zero attached hydrogens (tertiary/aromatic N) is 4. The minimum absolute atomic E-state index is 0. The zero-order valence-electron chi connectivity index (χ0n) is 17.7. The van der Waals surface area contributed by atoms with E-state index in [4.69, 9.17) is 4.74 Å². The highest BCUT2D eigenvalue weighted by Gasteiger charge is 2.14. The van der Waals surface area contributed by atoms with Gasteiger partial charge in [-0.25, -0.2) is 4.39 Å². The summed E-state index contributed by atoms with van der Waals surface area (Å²) in [4.78, 5) is 4.27. The maximum atomic E-state index is 13.3. The van der Waals surface area contributed by atoms with Crippen LogP contribution in [0.4, 0.5) is 4.39 Å². The Hall–Kier alpha value is -1.91. The molecule has 0 saturated carbocycles. The average Bonchev–Trinajstić information content (AvgIpc) is 2.95. The summed E-state index contributed by atoms with van der Waals surface area (Å²) in [6.45, 7) is 4.35. The first-order valence-electron chi connectivity index (χ1n) is 10.5. The molecule has 0 bridgehead atoms. The minimum atomic E-state index is -0.297. The zero-order valence-corrected chi connectivity index (χ0v) is 20.1. The third-order valence-corrected chi connectivity index (χ3v) is 5.10. The second kappa shape index (κ2) is 12.7. The summed E-state index contributed by atoms with van der Waals surface area (Å²) in [7, 11) is 1.74. The van der Waals surface area contributed by atoms with Gasteiger partial charge in [0.1, 0.15) is 29.3 Å². The van der Waals surface area contributed by atoms with Crippen LogP contribution in [-0.4, -0.2) is 47.0 Å². The Labute approximate surface area is 194 Å². The molecule has 1 aromatic heterocycles. The number of hydrogen-bond acceptors (Lipinski definition) is 4. The number of ether oxygens (including phenoxy) is 1. The van der Waals surface area contributed by atoms with Crippen LogP contribution in [0.2, 0.25) is 0 Å². The van der Waals surface area contributed by atoms with Gasteiger partial charge in [0.05, 0.1) is 6.54 Å². The predicted octanol–water partition coefficient (Wildman–Crippen LogP) is 3.33. The molecule has 0 amide bonds. The number of benzene rings is 1. The normalized spacial score (nSPS) is 14.8. The smallest absolute Gasteiger partial charge is 0.191 e. The van der Waals surface area contributed by atoms with E-state index in [9.17, 15) is 4.39 Å². The van der Waals surface area contributed by atoms with Gasteiger partial charge in [-0.15, -0.1) is 34.2 Å². The zero-order chi connectivity index (χ0) is 20.5.